The fourth-order valence-corrected chi connectivity index (χ4v) is 1.69. The first-order valence-corrected chi connectivity index (χ1v) is 6.12. The Morgan fingerprint density at radius 2 is 1.94 bits per heavy atom. The number of hydrogen-bond acceptors (Lipinski definition) is 3. The molecule has 0 unspecified atom stereocenters. The summed E-state index contributed by atoms with van der Waals surface area (Å²) in [6.07, 6.45) is 3.52. The summed E-state index contributed by atoms with van der Waals surface area (Å²) in [7, 11) is 0. The van der Waals surface area contributed by atoms with Crippen molar-refractivity contribution in [2.45, 2.75) is 6.92 Å². The molecule has 16 heavy (non-hydrogen) atoms. The molecule has 1 heterocycles. The van der Waals surface area contributed by atoms with Gasteiger partial charge in [0.15, 0.2) is 0 Å². The van der Waals surface area contributed by atoms with Gasteiger partial charge in [-0.2, -0.15) is 0 Å². The van der Waals surface area contributed by atoms with Gasteiger partial charge in [-0.1, -0.05) is 17.7 Å². The van der Waals surface area contributed by atoms with Crippen LogP contribution in [0, 0.1) is 10.5 Å². The Labute approximate surface area is 112 Å². The molecule has 0 bridgehead atoms. The number of anilines is 2. The molecule has 0 aliphatic heterocycles. The van der Waals surface area contributed by atoms with Crippen LogP contribution in [-0.4, -0.2) is 9.97 Å². The number of halogens is 2. The van der Waals surface area contributed by atoms with E-state index in [0.717, 1.165) is 19.8 Å². The molecule has 0 atom stereocenters. The third-order valence-electron chi connectivity index (χ3n) is 2.13. The van der Waals surface area contributed by atoms with Gasteiger partial charge < -0.3 is 5.32 Å². The normalized spacial score (nSPS) is 10.2. The van der Waals surface area contributed by atoms with Gasteiger partial charge in [-0.05, 0) is 47.2 Å². The molecule has 0 saturated heterocycles. The molecule has 2 aromatic rings. The van der Waals surface area contributed by atoms with Crippen LogP contribution in [0.3, 0.4) is 0 Å². The Morgan fingerprint density at radius 3 is 2.62 bits per heavy atom. The molecule has 1 aromatic heterocycles. The number of nitrogens with one attached hydrogen (secondary N) is 1. The Morgan fingerprint density at radius 1 is 1.25 bits per heavy atom. The summed E-state index contributed by atoms with van der Waals surface area (Å²) in [5, 5.41) is 3.86. The Balaban J connectivity index is 2.27. The summed E-state index contributed by atoms with van der Waals surface area (Å²) in [4.78, 5) is 8.34. The van der Waals surface area contributed by atoms with E-state index in [-0.39, 0.29) is 0 Å². The Kier molecular flexibility index (Phi) is 3.60. The number of hydrogen-bond donors (Lipinski definition) is 1. The second-order valence-corrected chi connectivity index (χ2v) is 4.92. The first-order chi connectivity index (χ1) is 7.66. The van der Waals surface area contributed by atoms with Crippen LogP contribution >= 0.6 is 34.2 Å². The zero-order valence-corrected chi connectivity index (χ0v) is 11.5. The maximum Gasteiger partial charge on any atom is 0.227 e. The summed E-state index contributed by atoms with van der Waals surface area (Å²) in [5.74, 6) is 0.575. The molecular weight excluding hydrogens is 336 g/mol. The van der Waals surface area contributed by atoms with E-state index in [1.54, 1.807) is 12.4 Å². The first-order valence-electron chi connectivity index (χ1n) is 4.66. The van der Waals surface area contributed by atoms with Crippen molar-refractivity contribution in [3.8, 4) is 0 Å². The van der Waals surface area contributed by atoms with Crippen LogP contribution in [0.2, 0.25) is 5.02 Å². The van der Waals surface area contributed by atoms with Crippen molar-refractivity contribution in [1.29, 1.82) is 0 Å². The van der Waals surface area contributed by atoms with Crippen molar-refractivity contribution < 1.29 is 0 Å². The van der Waals surface area contributed by atoms with Gasteiger partial charge in [-0.15, -0.1) is 0 Å². The molecule has 3 nitrogen and oxygen atoms in total. The molecule has 5 heteroatoms. The summed E-state index contributed by atoms with van der Waals surface area (Å²) in [6, 6.07) is 5.70. The van der Waals surface area contributed by atoms with E-state index < -0.39 is 0 Å². The summed E-state index contributed by atoms with van der Waals surface area (Å²) in [6.45, 7) is 1.96. The van der Waals surface area contributed by atoms with Gasteiger partial charge in [0.2, 0.25) is 5.95 Å². The van der Waals surface area contributed by atoms with Crippen LogP contribution in [0.5, 0.6) is 0 Å². The second-order valence-electron chi connectivity index (χ2n) is 3.26. The van der Waals surface area contributed by atoms with E-state index in [0.29, 0.717) is 5.95 Å². The molecule has 0 saturated carbocycles. The number of rotatable bonds is 2. The van der Waals surface area contributed by atoms with Crippen LogP contribution in [0.15, 0.2) is 30.6 Å². The molecule has 1 N–H and O–H groups in total. The lowest BCUT2D eigenvalue weighted by Crippen LogP contribution is -1.98. The SMILES string of the molecule is Cc1c(Cl)cccc1Nc1ncc(I)cn1. The van der Waals surface area contributed by atoms with Crippen molar-refractivity contribution in [2.75, 3.05) is 5.32 Å². The molecule has 82 valence electrons. The van der Waals surface area contributed by atoms with Crippen molar-refractivity contribution in [3.05, 3.63) is 44.7 Å². The van der Waals surface area contributed by atoms with Crippen LogP contribution in [0.25, 0.3) is 0 Å². The van der Waals surface area contributed by atoms with Gasteiger partial charge >= 0.3 is 0 Å². The predicted octanol–water partition coefficient (Wildman–Crippen LogP) is 3.79. The lowest BCUT2D eigenvalue weighted by molar-refractivity contribution is 1.15. The highest BCUT2D eigenvalue weighted by atomic mass is 127. The van der Waals surface area contributed by atoms with Crippen molar-refractivity contribution >= 4 is 45.8 Å². The summed E-state index contributed by atoms with van der Waals surface area (Å²) in [5.41, 5.74) is 1.92. The molecule has 2 rings (SSSR count). The average molecular weight is 346 g/mol. The minimum Gasteiger partial charge on any atom is -0.324 e. The molecule has 0 radical (unpaired) electrons. The minimum absolute atomic E-state index is 0.575. The standard InChI is InChI=1S/C11H9ClIN3/c1-7-9(12)3-2-4-10(7)16-11-14-5-8(13)6-15-11/h2-6H,1H3,(H,14,15,16). The topological polar surface area (TPSA) is 37.8 Å². The van der Waals surface area contributed by atoms with Gasteiger partial charge in [0.25, 0.3) is 0 Å². The minimum atomic E-state index is 0.575. The average Bonchev–Trinajstić information content (AvgIpc) is 2.28. The summed E-state index contributed by atoms with van der Waals surface area (Å²) >= 11 is 8.19. The third kappa shape index (κ3) is 2.62. The van der Waals surface area contributed by atoms with Gasteiger partial charge in [0.1, 0.15) is 0 Å². The van der Waals surface area contributed by atoms with Gasteiger partial charge in [0, 0.05) is 26.7 Å². The van der Waals surface area contributed by atoms with Crippen LogP contribution in [0.4, 0.5) is 11.6 Å². The molecule has 0 aliphatic carbocycles. The van der Waals surface area contributed by atoms with E-state index in [1.807, 2.05) is 25.1 Å². The zero-order chi connectivity index (χ0) is 11.5. The van der Waals surface area contributed by atoms with Crippen molar-refractivity contribution in [2.24, 2.45) is 0 Å². The highest BCUT2D eigenvalue weighted by Crippen LogP contribution is 2.24. The number of aromatic nitrogens is 2. The highest BCUT2D eigenvalue weighted by molar-refractivity contribution is 14.1. The van der Waals surface area contributed by atoms with Crippen LogP contribution < -0.4 is 5.32 Å². The maximum atomic E-state index is 6.02. The van der Waals surface area contributed by atoms with Crippen molar-refractivity contribution in [3.63, 3.8) is 0 Å². The van der Waals surface area contributed by atoms with E-state index >= 15 is 0 Å². The maximum absolute atomic E-state index is 6.02. The summed E-state index contributed by atoms with van der Waals surface area (Å²) < 4.78 is 1.01. The number of benzene rings is 1. The largest absolute Gasteiger partial charge is 0.324 e. The van der Waals surface area contributed by atoms with E-state index in [4.69, 9.17) is 11.6 Å². The van der Waals surface area contributed by atoms with Crippen molar-refractivity contribution in [1.82, 2.24) is 9.97 Å². The Bertz CT molecular complexity index is 499. The van der Waals surface area contributed by atoms with E-state index in [9.17, 15) is 0 Å². The second kappa shape index (κ2) is 4.97. The molecule has 0 amide bonds. The Hall–Kier alpha value is -0.880. The fraction of sp³-hybridized carbons (Fsp3) is 0.0909. The fourth-order valence-electron chi connectivity index (χ4n) is 1.24. The predicted molar refractivity (Wildman–Crippen MR) is 74.2 cm³/mol. The molecule has 0 aliphatic rings. The smallest absolute Gasteiger partial charge is 0.227 e. The monoisotopic (exact) mass is 345 g/mol. The quantitative estimate of drug-likeness (QED) is 0.842. The van der Waals surface area contributed by atoms with Crippen LogP contribution in [-0.2, 0) is 0 Å². The van der Waals surface area contributed by atoms with E-state index in [2.05, 4.69) is 37.9 Å². The molecule has 1 aromatic carbocycles. The van der Waals surface area contributed by atoms with E-state index in [1.165, 1.54) is 0 Å². The first kappa shape index (κ1) is 11.6. The van der Waals surface area contributed by atoms with Gasteiger partial charge in [-0.25, -0.2) is 9.97 Å². The molecule has 0 spiro atoms. The lowest BCUT2D eigenvalue weighted by atomic mass is 10.2. The lowest BCUT2D eigenvalue weighted by Gasteiger charge is -2.08. The highest BCUT2D eigenvalue weighted by Gasteiger charge is 2.03. The van der Waals surface area contributed by atoms with Crippen LogP contribution in [0.1, 0.15) is 5.56 Å². The molecule has 0 fully saturated rings. The van der Waals surface area contributed by atoms with Gasteiger partial charge in [0.05, 0.1) is 0 Å². The third-order valence-corrected chi connectivity index (χ3v) is 3.10. The zero-order valence-electron chi connectivity index (χ0n) is 8.54. The number of nitrogens with zero attached hydrogens (tertiary/aromatic N) is 2. The molecular formula is C11H9ClIN3. The van der Waals surface area contributed by atoms with Gasteiger partial charge in [-0.3, -0.25) is 0 Å².